The predicted molar refractivity (Wildman–Crippen MR) is 64.9 cm³/mol. The van der Waals surface area contributed by atoms with E-state index in [1.165, 1.54) is 0 Å². The normalized spacial score (nSPS) is 18.7. The van der Waals surface area contributed by atoms with Crippen molar-refractivity contribution in [2.24, 2.45) is 5.92 Å². The van der Waals surface area contributed by atoms with Gasteiger partial charge in [-0.1, -0.05) is 0 Å². The van der Waals surface area contributed by atoms with Crippen LogP contribution in [0.15, 0.2) is 15.8 Å². The quantitative estimate of drug-likeness (QED) is 0.618. The van der Waals surface area contributed by atoms with Crippen LogP contribution in [0.25, 0.3) is 0 Å². The van der Waals surface area contributed by atoms with Crippen LogP contribution in [0.5, 0.6) is 0 Å². The van der Waals surface area contributed by atoms with Gasteiger partial charge in [-0.2, -0.15) is 0 Å². The van der Waals surface area contributed by atoms with Gasteiger partial charge in [0.25, 0.3) is 0 Å². The van der Waals surface area contributed by atoms with E-state index < -0.39 is 21.9 Å². The van der Waals surface area contributed by atoms with Gasteiger partial charge in [0, 0.05) is 18.9 Å². The molecule has 0 aliphatic heterocycles. The molecule has 0 radical (unpaired) electrons. The van der Waals surface area contributed by atoms with Crippen molar-refractivity contribution in [1.29, 1.82) is 0 Å². The first-order chi connectivity index (χ1) is 8.99. The van der Waals surface area contributed by atoms with Crippen LogP contribution in [-0.2, 0) is 11.3 Å². The van der Waals surface area contributed by atoms with E-state index in [1.807, 2.05) is 4.98 Å². The van der Waals surface area contributed by atoms with Crippen molar-refractivity contribution in [2.75, 3.05) is 0 Å². The molecule has 2 rings (SSSR count). The second-order valence-electron chi connectivity index (χ2n) is 4.57. The van der Waals surface area contributed by atoms with Crippen molar-refractivity contribution in [3.05, 3.63) is 37.1 Å². The zero-order valence-corrected chi connectivity index (χ0v) is 10.1. The predicted octanol–water partition coefficient (Wildman–Crippen LogP) is 0.204. The largest absolute Gasteiger partial charge is 0.350 e. The molecule has 0 aromatic carbocycles. The molecule has 8 nitrogen and oxygen atoms in total. The Morgan fingerprint density at radius 3 is 2.74 bits per heavy atom. The summed E-state index contributed by atoms with van der Waals surface area (Å²) in [5, 5.41) is 10.6. The molecule has 1 unspecified atom stereocenters. The molecule has 0 saturated heterocycles. The number of aromatic nitrogens is 2. The van der Waals surface area contributed by atoms with Crippen molar-refractivity contribution in [3.63, 3.8) is 0 Å². The number of ketones is 1. The van der Waals surface area contributed by atoms with E-state index >= 15 is 0 Å². The molecular formula is C11H13N3O5. The Kier molecular flexibility index (Phi) is 3.59. The Bertz CT molecular complexity index is 630. The van der Waals surface area contributed by atoms with Crippen molar-refractivity contribution >= 4 is 11.5 Å². The number of nitro groups is 1. The molecule has 1 heterocycles. The van der Waals surface area contributed by atoms with E-state index in [2.05, 4.69) is 0 Å². The fourth-order valence-corrected chi connectivity index (χ4v) is 2.28. The van der Waals surface area contributed by atoms with E-state index in [1.54, 1.807) is 0 Å². The number of carbonyl (C=O) groups excluding carboxylic acids is 1. The fraction of sp³-hybridized carbons (Fsp3) is 0.545. The summed E-state index contributed by atoms with van der Waals surface area (Å²) < 4.78 is 1.07. The Hall–Kier alpha value is -2.25. The van der Waals surface area contributed by atoms with Crippen LogP contribution in [0.2, 0.25) is 0 Å². The third-order valence-electron chi connectivity index (χ3n) is 3.34. The third-order valence-corrected chi connectivity index (χ3v) is 3.34. The maximum Gasteiger partial charge on any atom is 0.350 e. The summed E-state index contributed by atoms with van der Waals surface area (Å²) in [4.78, 5) is 45.8. The first-order valence-electron chi connectivity index (χ1n) is 6.00. The van der Waals surface area contributed by atoms with Gasteiger partial charge in [0.2, 0.25) is 0 Å². The summed E-state index contributed by atoms with van der Waals surface area (Å²) in [5.41, 5.74) is -2.37. The summed E-state index contributed by atoms with van der Waals surface area (Å²) in [6.07, 6.45) is 3.59. The maximum atomic E-state index is 11.5. The van der Waals surface area contributed by atoms with Crippen molar-refractivity contribution in [1.82, 2.24) is 9.55 Å². The van der Waals surface area contributed by atoms with E-state index in [-0.39, 0.29) is 18.2 Å². The zero-order valence-electron chi connectivity index (χ0n) is 10.1. The van der Waals surface area contributed by atoms with Gasteiger partial charge in [0.1, 0.15) is 5.78 Å². The molecule has 1 fully saturated rings. The molecule has 1 aliphatic rings. The number of carbonyl (C=O) groups is 1. The molecule has 0 amide bonds. The van der Waals surface area contributed by atoms with Gasteiger partial charge >= 0.3 is 16.9 Å². The topological polar surface area (TPSA) is 115 Å². The van der Waals surface area contributed by atoms with Crippen molar-refractivity contribution in [2.45, 2.75) is 32.2 Å². The maximum absolute atomic E-state index is 11.5. The first kappa shape index (κ1) is 13.2. The standard InChI is InChI=1S/C11H13N3O5/c15-9-3-1-2-7(9)4-5-13-6-8(14(18)19)10(16)12-11(13)17/h6-7H,1-5H2,(H,12,16,17). The number of aromatic amines is 1. The fourth-order valence-electron chi connectivity index (χ4n) is 2.28. The Morgan fingerprint density at radius 2 is 2.16 bits per heavy atom. The van der Waals surface area contributed by atoms with Crippen LogP contribution >= 0.6 is 0 Å². The molecule has 0 bridgehead atoms. The van der Waals surface area contributed by atoms with Gasteiger partial charge in [-0.3, -0.25) is 29.3 Å². The molecule has 1 aliphatic carbocycles. The number of rotatable bonds is 4. The minimum absolute atomic E-state index is 0.0853. The highest BCUT2D eigenvalue weighted by molar-refractivity contribution is 5.82. The number of H-pyrrole nitrogens is 1. The van der Waals surface area contributed by atoms with Crippen molar-refractivity contribution < 1.29 is 9.72 Å². The second kappa shape index (κ2) is 5.17. The number of aryl methyl sites for hydroxylation is 1. The van der Waals surface area contributed by atoms with Gasteiger partial charge in [-0.15, -0.1) is 0 Å². The van der Waals surface area contributed by atoms with Crippen LogP contribution in [-0.4, -0.2) is 20.3 Å². The Balaban J connectivity index is 2.18. The van der Waals surface area contributed by atoms with Gasteiger partial charge in [0.15, 0.2) is 0 Å². The summed E-state index contributed by atoms with van der Waals surface area (Å²) in [6, 6.07) is 0. The lowest BCUT2D eigenvalue weighted by atomic mass is 10.0. The van der Waals surface area contributed by atoms with E-state index in [9.17, 15) is 24.5 Å². The SMILES string of the molecule is O=C1CCCC1CCn1cc([N+](=O)[O-])c(=O)[nH]c1=O. The molecule has 1 saturated carbocycles. The molecule has 19 heavy (non-hydrogen) atoms. The highest BCUT2D eigenvalue weighted by Gasteiger charge is 2.24. The summed E-state index contributed by atoms with van der Waals surface area (Å²) >= 11 is 0. The lowest BCUT2D eigenvalue weighted by Crippen LogP contribution is -2.31. The van der Waals surface area contributed by atoms with Crippen LogP contribution < -0.4 is 11.2 Å². The molecule has 1 atom stereocenters. The molecule has 1 aromatic rings. The van der Waals surface area contributed by atoms with Crippen LogP contribution in [0.3, 0.4) is 0 Å². The number of hydrogen-bond donors (Lipinski definition) is 1. The lowest BCUT2D eigenvalue weighted by molar-refractivity contribution is -0.386. The van der Waals surface area contributed by atoms with Gasteiger partial charge < -0.3 is 0 Å². The number of nitrogens with one attached hydrogen (secondary N) is 1. The summed E-state index contributed by atoms with van der Waals surface area (Å²) in [5.74, 6) is 0.0878. The molecular weight excluding hydrogens is 254 g/mol. The van der Waals surface area contributed by atoms with Gasteiger partial charge in [-0.25, -0.2) is 4.79 Å². The number of nitrogens with zero attached hydrogens (tertiary/aromatic N) is 2. The highest BCUT2D eigenvalue weighted by Crippen LogP contribution is 2.24. The minimum atomic E-state index is -1.01. The summed E-state index contributed by atoms with van der Waals surface area (Å²) in [7, 11) is 0. The smallest absolute Gasteiger partial charge is 0.299 e. The lowest BCUT2D eigenvalue weighted by Gasteiger charge is -2.08. The molecule has 1 N–H and O–H groups in total. The Morgan fingerprint density at radius 1 is 1.42 bits per heavy atom. The third kappa shape index (κ3) is 2.78. The molecule has 102 valence electrons. The van der Waals surface area contributed by atoms with Crippen LogP contribution in [0, 0.1) is 16.0 Å². The monoisotopic (exact) mass is 267 g/mol. The average Bonchev–Trinajstić information content (AvgIpc) is 2.73. The van der Waals surface area contributed by atoms with Crippen LogP contribution in [0.4, 0.5) is 5.69 Å². The van der Waals surface area contributed by atoms with E-state index in [0.29, 0.717) is 12.8 Å². The van der Waals surface area contributed by atoms with Crippen LogP contribution in [0.1, 0.15) is 25.7 Å². The summed E-state index contributed by atoms with van der Waals surface area (Å²) in [6.45, 7) is 0.187. The van der Waals surface area contributed by atoms with E-state index in [4.69, 9.17) is 0 Å². The zero-order chi connectivity index (χ0) is 14.0. The Labute approximate surface area is 107 Å². The second-order valence-corrected chi connectivity index (χ2v) is 4.57. The molecule has 8 heteroatoms. The highest BCUT2D eigenvalue weighted by atomic mass is 16.6. The van der Waals surface area contributed by atoms with Crippen molar-refractivity contribution in [3.8, 4) is 0 Å². The minimum Gasteiger partial charge on any atom is -0.299 e. The number of hydrogen-bond acceptors (Lipinski definition) is 5. The molecule has 0 spiro atoms. The van der Waals surface area contributed by atoms with Gasteiger partial charge in [-0.05, 0) is 19.3 Å². The van der Waals surface area contributed by atoms with Gasteiger partial charge in [0.05, 0.1) is 11.1 Å². The van der Waals surface area contributed by atoms with E-state index in [0.717, 1.165) is 23.6 Å². The average molecular weight is 267 g/mol. The number of Topliss-reactive ketones (excluding diaryl/α,β-unsaturated/α-hetero) is 1. The first-order valence-corrected chi connectivity index (χ1v) is 6.00. The molecule has 1 aromatic heterocycles.